The van der Waals surface area contributed by atoms with Crippen LogP contribution in [0.4, 0.5) is 4.39 Å². The second-order valence-corrected chi connectivity index (χ2v) is 3.80. The Balaban J connectivity index is 2.35. The normalized spacial score (nSPS) is 10.7. The van der Waals surface area contributed by atoms with Gasteiger partial charge >= 0.3 is 5.63 Å². The van der Waals surface area contributed by atoms with Gasteiger partial charge in [-0.05, 0) is 12.1 Å². The second-order valence-electron chi connectivity index (χ2n) is 3.80. The number of nitrogens with zero attached hydrogens (tertiary/aromatic N) is 1. The molecule has 0 amide bonds. The zero-order chi connectivity index (χ0) is 12.5. The fraction of sp³-hybridized carbons (Fsp3) is 0. The smallest absolute Gasteiger partial charge is 0.363 e. The molecule has 0 N–H and O–H groups in total. The predicted molar refractivity (Wildman–Crippen MR) is 65.7 cm³/mol. The SMILES string of the molecule is O=c1oc2cccc(F)c2nc1-c1ccccc1. The average Bonchev–Trinajstić information content (AvgIpc) is 2.39. The van der Waals surface area contributed by atoms with Gasteiger partial charge < -0.3 is 4.42 Å². The van der Waals surface area contributed by atoms with E-state index in [4.69, 9.17) is 4.42 Å². The molecule has 0 fully saturated rings. The molecular formula is C14H8FNO2. The van der Waals surface area contributed by atoms with Crippen molar-refractivity contribution in [1.29, 1.82) is 0 Å². The Morgan fingerprint density at radius 3 is 2.56 bits per heavy atom. The molecule has 2 aromatic carbocycles. The maximum absolute atomic E-state index is 13.6. The van der Waals surface area contributed by atoms with Crippen LogP contribution in [0.15, 0.2) is 57.7 Å². The number of fused-ring (bicyclic) bond motifs is 1. The maximum Gasteiger partial charge on any atom is 0.363 e. The molecule has 88 valence electrons. The maximum atomic E-state index is 13.6. The molecule has 0 saturated carbocycles. The van der Waals surface area contributed by atoms with Crippen molar-refractivity contribution in [3.8, 4) is 11.3 Å². The summed E-state index contributed by atoms with van der Waals surface area (Å²) in [6.45, 7) is 0. The van der Waals surface area contributed by atoms with E-state index in [0.29, 0.717) is 5.56 Å². The van der Waals surface area contributed by atoms with Crippen LogP contribution in [-0.4, -0.2) is 4.98 Å². The van der Waals surface area contributed by atoms with E-state index < -0.39 is 11.4 Å². The molecule has 0 saturated heterocycles. The van der Waals surface area contributed by atoms with Gasteiger partial charge in [-0.1, -0.05) is 36.4 Å². The lowest BCUT2D eigenvalue weighted by atomic mass is 10.1. The Kier molecular flexibility index (Phi) is 2.41. The highest BCUT2D eigenvalue weighted by molar-refractivity contribution is 5.75. The van der Waals surface area contributed by atoms with Crippen molar-refractivity contribution in [3.05, 3.63) is 64.8 Å². The molecule has 1 heterocycles. The van der Waals surface area contributed by atoms with E-state index in [0.717, 1.165) is 0 Å². The molecule has 0 bridgehead atoms. The van der Waals surface area contributed by atoms with Crippen LogP contribution in [0.5, 0.6) is 0 Å². The second kappa shape index (κ2) is 4.07. The molecule has 0 aliphatic heterocycles. The number of aromatic nitrogens is 1. The van der Waals surface area contributed by atoms with Gasteiger partial charge in [0, 0.05) is 5.56 Å². The van der Waals surface area contributed by atoms with E-state index in [-0.39, 0.29) is 16.8 Å². The molecule has 0 atom stereocenters. The molecule has 0 aliphatic carbocycles. The lowest BCUT2D eigenvalue weighted by Gasteiger charge is -2.01. The monoisotopic (exact) mass is 241 g/mol. The van der Waals surface area contributed by atoms with E-state index in [9.17, 15) is 9.18 Å². The Hall–Kier alpha value is -2.49. The number of hydrogen-bond acceptors (Lipinski definition) is 3. The summed E-state index contributed by atoms with van der Waals surface area (Å²) >= 11 is 0. The summed E-state index contributed by atoms with van der Waals surface area (Å²) in [5.41, 5.74) is 0.375. The number of benzene rings is 2. The van der Waals surface area contributed by atoms with E-state index in [2.05, 4.69) is 4.98 Å². The molecule has 0 spiro atoms. The van der Waals surface area contributed by atoms with Crippen molar-refractivity contribution in [2.45, 2.75) is 0 Å². The van der Waals surface area contributed by atoms with E-state index >= 15 is 0 Å². The van der Waals surface area contributed by atoms with Crippen molar-refractivity contribution < 1.29 is 8.81 Å². The molecule has 3 nitrogen and oxygen atoms in total. The molecule has 0 aliphatic rings. The first-order valence-electron chi connectivity index (χ1n) is 5.40. The Bertz CT molecular complexity index is 766. The van der Waals surface area contributed by atoms with Crippen molar-refractivity contribution in [1.82, 2.24) is 4.98 Å². The highest BCUT2D eigenvalue weighted by atomic mass is 19.1. The summed E-state index contributed by atoms with van der Waals surface area (Å²) in [4.78, 5) is 15.9. The van der Waals surface area contributed by atoms with Gasteiger partial charge in [-0.15, -0.1) is 0 Å². The van der Waals surface area contributed by atoms with Crippen LogP contribution in [0.3, 0.4) is 0 Å². The Labute approximate surface area is 102 Å². The van der Waals surface area contributed by atoms with Crippen molar-refractivity contribution in [2.24, 2.45) is 0 Å². The van der Waals surface area contributed by atoms with Crippen LogP contribution < -0.4 is 5.63 Å². The van der Waals surface area contributed by atoms with Gasteiger partial charge in [-0.25, -0.2) is 14.2 Å². The highest BCUT2D eigenvalue weighted by Crippen LogP contribution is 2.18. The third-order valence-corrected chi connectivity index (χ3v) is 2.62. The summed E-state index contributed by atoms with van der Waals surface area (Å²) in [6, 6.07) is 13.1. The minimum Gasteiger partial charge on any atom is -0.419 e. The summed E-state index contributed by atoms with van der Waals surface area (Å²) in [7, 11) is 0. The van der Waals surface area contributed by atoms with Crippen molar-refractivity contribution in [2.75, 3.05) is 0 Å². The topological polar surface area (TPSA) is 43.1 Å². The lowest BCUT2D eigenvalue weighted by Crippen LogP contribution is -2.06. The lowest BCUT2D eigenvalue weighted by molar-refractivity contribution is 0.551. The minimum absolute atomic E-state index is 0.0657. The molecule has 0 unspecified atom stereocenters. The third-order valence-electron chi connectivity index (χ3n) is 2.62. The van der Waals surface area contributed by atoms with Gasteiger partial charge in [0.25, 0.3) is 0 Å². The van der Waals surface area contributed by atoms with Gasteiger partial charge in [0.2, 0.25) is 0 Å². The van der Waals surface area contributed by atoms with Crippen LogP contribution in [0.2, 0.25) is 0 Å². The van der Waals surface area contributed by atoms with Gasteiger partial charge in [-0.2, -0.15) is 0 Å². The zero-order valence-corrected chi connectivity index (χ0v) is 9.26. The van der Waals surface area contributed by atoms with Crippen molar-refractivity contribution in [3.63, 3.8) is 0 Å². The molecule has 3 aromatic rings. The average molecular weight is 241 g/mol. The Morgan fingerprint density at radius 1 is 1.00 bits per heavy atom. The van der Waals surface area contributed by atoms with Crippen LogP contribution >= 0.6 is 0 Å². The van der Waals surface area contributed by atoms with Gasteiger partial charge in [-0.3, -0.25) is 0 Å². The summed E-state index contributed by atoms with van der Waals surface area (Å²) in [5.74, 6) is -0.506. The molecule has 18 heavy (non-hydrogen) atoms. The van der Waals surface area contributed by atoms with Crippen molar-refractivity contribution >= 4 is 11.1 Å². The molecule has 3 rings (SSSR count). The standard InChI is InChI=1S/C14H8FNO2/c15-10-7-4-8-11-13(10)16-12(14(17)18-11)9-5-2-1-3-6-9/h1-8H. The fourth-order valence-corrected chi connectivity index (χ4v) is 1.77. The van der Waals surface area contributed by atoms with Crippen LogP contribution in [0, 0.1) is 5.82 Å². The van der Waals surface area contributed by atoms with Gasteiger partial charge in [0.05, 0.1) is 0 Å². The highest BCUT2D eigenvalue weighted by Gasteiger charge is 2.11. The first kappa shape index (κ1) is 10.7. The Morgan fingerprint density at radius 2 is 1.78 bits per heavy atom. The summed E-state index contributed by atoms with van der Waals surface area (Å²) in [6.07, 6.45) is 0. The number of halogens is 1. The fourth-order valence-electron chi connectivity index (χ4n) is 1.77. The van der Waals surface area contributed by atoms with Crippen LogP contribution in [0.25, 0.3) is 22.4 Å². The van der Waals surface area contributed by atoms with Gasteiger partial charge in [0.1, 0.15) is 5.52 Å². The van der Waals surface area contributed by atoms with Gasteiger partial charge in [0.15, 0.2) is 17.1 Å². The largest absolute Gasteiger partial charge is 0.419 e. The quantitative estimate of drug-likeness (QED) is 0.657. The number of para-hydroxylation sites is 1. The van der Waals surface area contributed by atoms with Crippen LogP contribution in [0.1, 0.15) is 0 Å². The first-order valence-corrected chi connectivity index (χ1v) is 5.40. The predicted octanol–water partition coefficient (Wildman–Crippen LogP) is 2.99. The van der Waals surface area contributed by atoms with E-state index in [1.807, 2.05) is 6.07 Å². The summed E-state index contributed by atoms with van der Waals surface area (Å²) in [5, 5.41) is 0. The molecular weight excluding hydrogens is 233 g/mol. The molecule has 1 aromatic heterocycles. The third kappa shape index (κ3) is 1.68. The molecule has 0 radical (unpaired) electrons. The van der Waals surface area contributed by atoms with E-state index in [1.165, 1.54) is 18.2 Å². The first-order chi connectivity index (χ1) is 8.75. The zero-order valence-electron chi connectivity index (χ0n) is 9.26. The van der Waals surface area contributed by atoms with Crippen LogP contribution in [-0.2, 0) is 0 Å². The number of rotatable bonds is 1. The number of hydrogen-bond donors (Lipinski definition) is 0. The summed E-state index contributed by atoms with van der Waals surface area (Å²) < 4.78 is 18.7. The minimum atomic E-state index is -0.570. The van der Waals surface area contributed by atoms with E-state index in [1.54, 1.807) is 24.3 Å². The molecule has 4 heteroatoms.